The molecule has 232 valence electrons. The molecule has 6 aliphatic carbocycles. The molecule has 0 aliphatic heterocycles. The number of carbonyl (C=O) groups is 4. The van der Waals surface area contributed by atoms with Crippen LogP contribution < -0.4 is 16.0 Å². The standard InChI is InChI=1S/C30H51N5O6/c1-34(2)13-5-11-31-27(38)23-17-7-9-19(21(36)15-17)25(23)29(40)33-30(41)26-20-10-8-18(16-22(20)37)24(26)28(39)32-12-6-14-35(3)4/h17-26,36-37H,5-16H2,1-4H3,(H,31,38)(H,32,39)(H,33,40,41). The van der Waals surface area contributed by atoms with Crippen LogP contribution in [0.5, 0.6) is 0 Å². The van der Waals surface area contributed by atoms with Crippen molar-refractivity contribution in [1.82, 2.24) is 25.8 Å². The van der Waals surface area contributed by atoms with Crippen LogP contribution in [0.1, 0.15) is 51.4 Å². The molecular formula is C30H51N5O6. The van der Waals surface area contributed by atoms with E-state index in [0.29, 0.717) is 38.8 Å². The molecule has 4 amide bonds. The Morgan fingerprint density at radius 2 is 1.00 bits per heavy atom. The number of amides is 4. The van der Waals surface area contributed by atoms with E-state index in [4.69, 9.17) is 0 Å². The predicted octanol–water partition coefficient (Wildman–Crippen LogP) is -0.189. The molecule has 5 N–H and O–H groups in total. The fraction of sp³-hybridized carbons (Fsp3) is 0.867. The Hall–Kier alpha value is -2.08. The third-order valence-corrected chi connectivity index (χ3v) is 10.2. The van der Waals surface area contributed by atoms with E-state index >= 15 is 0 Å². The zero-order valence-corrected chi connectivity index (χ0v) is 25.2. The van der Waals surface area contributed by atoms with E-state index in [1.165, 1.54) is 0 Å². The lowest BCUT2D eigenvalue weighted by Gasteiger charge is -2.50. The van der Waals surface area contributed by atoms with Crippen molar-refractivity contribution in [1.29, 1.82) is 0 Å². The highest BCUT2D eigenvalue weighted by Crippen LogP contribution is 2.51. The van der Waals surface area contributed by atoms with Crippen molar-refractivity contribution in [2.24, 2.45) is 47.3 Å². The summed E-state index contributed by atoms with van der Waals surface area (Å²) in [6.45, 7) is 2.64. The summed E-state index contributed by atoms with van der Waals surface area (Å²) in [5, 5.41) is 30.1. The molecule has 11 heteroatoms. The van der Waals surface area contributed by atoms with Crippen LogP contribution in [0.3, 0.4) is 0 Å². The Kier molecular flexibility index (Phi) is 10.8. The molecule has 0 heterocycles. The van der Waals surface area contributed by atoms with Crippen molar-refractivity contribution >= 4 is 23.6 Å². The molecule has 10 atom stereocenters. The normalized spacial score (nSPS) is 35.9. The average molecular weight is 578 g/mol. The number of nitrogens with zero attached hydrogens (tertiary/aromatic N) is 2. The van der Waals surface area contributed by atoms with Crippen LogP contribution >= 0.6 is 0 Å². The van der Waals surface area contributed by atoms with Gasteiger partial charge in [0.15, 0.2) is 0 Å². The topological polar surface area (TPSA) is 151 Å². The lowest BCUT2D eigenvalue weighted by molar-refractivity contribution is -0.162. The zero-order chi connectivity index (χ0) is 29.8. The monoisotopic (exact) mass is 577 g/mol. The third-order valence-electron chi connectivity index (χ3n) is 10.2. The highest BCUT2D eigenvalue weighted by atomic mass is 16.3. The summed E-state index contributed by atoms with van der Waals surface area (Å²) >= 11 is 0. The van der Waals surface area contributed by atoms with Gasteiger partial charge in [-0.3, -0.25) is 24.5 Å². The molecule has 0 aromatic heterocycles. The number of aliphatic hydroxyl groups excluding tert-OH is 2. The van der Waals surface area contributed by atoms with Gasteiger partial charge in [-0.2, -0.15) is 0 Å². The largest absolute Gasteiger partial charge is 0.393 e. The van der Waals surface area contributed by atoms with E-state index in [2.05, 4.69) is 16.0 Å². The van der Waals surface area contributed by atoms with Crippen LogP contribution in [0.15, 0.2) is 0 Å². The van der Waals surface area contributed by atoms with E-state index in [1.54, 1.807) is 0 Å². The van der Waals surface area contributed by atoms with Gasteiger partial charge in [0.25, 0.3) is 0 Å². The number of carbonyl (C=O) groups excluding carboxylic acids is 4. The zero-order valence-electron chi connectivity index (χ0n) is 25.2. The molecule has 6 rings (SSSR count). The summed E-state index contributed by atoms with van der Waals surface area (Å²) in [6, 6.07) is 0. The van der Waals surface area contributed by atoms with Crippen molar-refractivity contribution in [2.75, 3.05) is 54.4 Å². The Labute approximate surface area is 244 Å². The second-order valence-electron chi connectivity index (χ2n) is 13.5. The van der Waals surface area contributed by atoms with Crippen molar-refractivity contribution < 1.29 is 29.4 Å². The molecule has 41 heavy (non-hydrogen) atoms. The van der Waals surface area contributed by atoms with Gasteiger partial charge in [-0.15, -0.1) is 0 Å². The number of aliphatic hydroxyl groups is 2. The summed E-state index contributed by atoms with van der Waals surface area (Å²) in [4.78, 5) is 58.3. The minimum Gasteiger partial charge on any atom is -0.393 e. The smallest absolute Gasteiger partial charge is 0.230 e. The first-order valence-electron chi connectivity index (χ1n) is 15.5. The van der Waals surface area contributed by atoms with Crippen LogP contribution in [0.4, 0.5) is 0 Å². The lowest BCUT2D eigenvalue weighted by Crippen LogP contribution is -2.61. The average Bonchev–Trinajstić information content (AvgIpc) is 2.92. The van der Waals surface area contributed by atoms with E-state index in [-0.39, 0.29) is 23.7 Å². The number of imide groups is 1. The van der Waals surface area contributed by atoms with E-state index in [0.717, 1.165) is 38.8 Å². The molecule has 6 saturated carbocycles. The second-order valence-corrected chi connectivity index (χ2v) is 13.5. The first kappa shape index (κ1) is 31.8. The third kappa shape index (κ3) is 7.29. The van der Waals surface area contributed by atoms with E-state index in [9.17, 15) is 29.4 Å². The van der Waals surface area contributed by atoms with Crippen LogP contribution in [-0.2, 0) is 19.2 Å². The maximum absolute atomic E-state index is 13.8. The molecule has 6 aliphatic rings. The highest BCUT2D eigenvalue weighted by Gasteiger charge is 2.56. The predicted molar refractivity (Wildman–Crippen MR) is 153 cm³/mol. The van der Waals surface area contributed by atoms with Crippen molar-refractivity contribution in [3.8, 4) is 0 Å². The van der Waals surface area contributed by atoms with Crippen LogP contribution in [0.25, 0.3) is 0 Å². The van der Waals surface area contributed by atoms with Gasteiger partial charge in [-0.05, 0) is 116 Å². The quantitative estimate of drug-likeness (QED) is 0.158. The van der Waals surface area contributed by atoms with Gasteiger partial charge >= 0.3 is 0 Å². The lowest BCUT2D eigenvalue weighted by atomic mass is 9.56. The summed E-state index contributed by atoms with van der Waals surface area (Å²) in [7, 11) is 7.88. The molecule has 0 saturated heterocycles. The van der Waals surface area contributed by atoms with Gasteiger partial charge in [-0.25, -0.2) is 0 Å². The number of hydrogen-bond donors (Lipinski definition) is 5. The molecule has 0 aromatic rings. The van der Waals surface area contributed by atoms with Gasteiger partial charge < -0.3 is 30.6 Å². The van der Waals surface area contributed by atoms with Gasteiger partial charge in [0, 0.05) is 13.1 Å². The maximum atomic E-state index is 13.8. The first-order chi connectivity index (χ1) is 19.5. The molecular weight excluding hydrogens is 526 g/mol. The Balaban J connectivity index is 1.46. The van der Waals surface area contributed by atoms with Gasteiger partial charge in [0.05, 0.1) is 35.9 Å². The first-order valence-corrected chi connectivity index (χ1v) is 15.5. The van der Waals surface area contributed by atoms with E-state index in [1.807, 2.05) is 38.0 Å². The van der Waals surface area contributed by atoms with Crippen LogP contribution in [0, 0.1) is 47.3 Å². The maximum Gasteiger partial charge on any atom is 0.230 e. The molecule has 4 bridgehead atoms. The summed E-state index contributed by atoms with van der Waals surface area (Å²) < 4.78 is 0. The number of fused-ring (bicyclic) bond motifs is 6. The van der Waals surface area contributed by atoms with Crippen molar-refractivity contribution in [3.05, 3.63) is 0 Å². The number of nitrogens with one attached hydrogen (secondary N) is 3. The molecule has 11 nitrogen and oxygen atoms in total. The molecule has 0 spiro atoms. The summed E-state index contributed by atoms with van der Waals surface area (Å²) in [5.41, 5.74) is 0. The summed E-state index contributed by atoms with van der Waals surface area (Å²) in [6.07, 6.45) is 3.94. The van der Waals surface area contributed by atoms with Crippen LogP contribution in [0.2, 0.25) is 0 Å². The minimum atomic E-state index is -0.806. The molecule has 10 unspecified atom stereocenters. The number of rotatable bonds is 12. The molecule has 0 aromatic carbocycles. The molecule has 0 radical (unpaired) electrons. The van der Waals surface area contributed by atoms with Crippen molar-refractivity contribution in [2.45, 2.75) is 63.6 Å². The van der Waals surface area contributed by atoms with E-state index < -0.39 is 59.5 Å². The van der Waals surface area contributed by atoms with Crippen molar-refractivity contribution in [3.63, 3.8) is 0 Å². The Morgan fingerprint density at radius 3 is 1.34 bits per heavy atom. The van der Waals surface area contributed by atoms with Crippen LogP contribution in [-0.4, -0.2) is 110 Å². The number of hydrogen-bond acceptors (Lipinski definition) is 8. The Morgan fingerprint density at radius 1 is 0.610 bits per heavy atom. The fourth-order valence-electron chi connectivity index (χ4n) is 8.22. The minimum absolute atomic E-state index is 0.122. The summed E-state index contributed by atoms with van der Waals surface area (Å²) in [5.74, 6) is -5.33. The van der Waals surface area contributed by atoms with Gasteiger partial charge in [0.1, 0.15) is 0 Å². The molecule has 6 fully saturated rings. The second kappa shape index (κ2) is 13.9. The Bertz CT molecular complexity index is 886. The van der Waals surface area contributed by atoms with Gasteiger partial charge in [0.2, 0.25) is 23.6 Å². The van der Waals surface area contributed by atoms with Gasteiger partial charge in [-0.1, -0.05) is 0 Å². The fourth-order valence-corrected chi connectivity index (χ4v) is 8.22. The SMILES string of the molecule is CN(C)CCCNC(=O)C1C2CCC(C(O)C2)C1C(=O)NC(=O)C1C2CCC(CC2O)C1C(=O)NCCCN(C)C. The highest BCUT2D eigenvalue weighted by molar-refractivity contribution is 6.01.